The van der Waals surface area contributed by atoms with Gasteiger partial charge in [-0.15, -0.1) is 0 Å². The summed E-state index contributed by atoms with van der Waals surface area (Å²) in [6, 6.07) is 5.09. The van der Waals surface area contributed by atoms with Gasteiger partial charge in [-0.3, -0.25) is 0 Å². The molecule has 0 unspecified atom stereocenters. The molecule has 0 bridgehead atoms. The molecule has 2 nitrogen and oxygen atoms in total. The topological polar surface area (TPSA) is 26.3 Å². The lowest BCUT2D eigenvalue weighted by molar-refractivity contribution is -0.128. The minimum Gasteiger partial charge on any atom is -0.422 e. The lowest BCUT2D eigenvalue weighted by Crippen LogP contribution is -2.03. The Bertz CT molecular complexity index is 349. The summed E-state index contributed by atoms with van der Waals surface area (Å²) in [6.45, 7) is 3.28. The van der Waals surface area contributed by atoms with Crippen LogP contribution >= 0.6 is 27.5 Å². The Labute approximate surface area is 89.3 Å². The summed E-state index contributed by atoms with van der Waals surface area (Å²) in [5.41, 5.74) is 0. The lowest BCUT2D eigenvalue weighted by atomic mass is 10.3. The van der Waals surface area contributed by atoms with Gasteiger partial charge in [-0.2, -0.15) is 0 Å². The number of esters is 1. The second kappa shape index (κ2) is 4.44. The van der Waals surface area contributed by atoms with E-state index in [-0.39, 0.29) is 0 Å². The van der Waals surface area contributed by atoms with Crippen LogP contribution in [0.1, 0.15) is 0 Å². The third-order valence-corrected chi connectivity index (χ3v) is 2.57. The molecule has 0 aromatic heterocycles. The number of hydrogen-bond acceptors (Lipinski definition) is 2. The van der Waals surface area contributed by atoms with Crippen molar-refractivity contribution in [3.05, 3.63) is 40.3 Å². The van der Waals surface area contributed by atoms with Crippen LogP contribution in [0.15, 0.2) is 35.3 Å². The first-order valence-corrected chi connectivity index (χ1v) is 4.60. The van der Waals surface area contributed by atoms with E-state index in [1.54, 1.807) is 18.2 Å². The predicted molar refractivity (Wildman–Crippen MR) is 55.0 cm³/mol. The summed E-state index contributed by atoms with van der Waals surface area (Å²) in [4.78, 5) is 10.8. The van der Waals surface area contributed by atoms with Crippen LogP contribution in [-0.4, -0.2) is 5.97 Å². The molecule has 0 aliphatic rings. The molecule has 0 aliphatic heterocycles. The van der Waals surface area contributed by atoms with Gasteiger partial charge < -0.3 is 4.74 Å². The minimum atomic E-state index is -0.528. The van der Waals surface area contributed by atoms with Crippen LogP contribution in [0.2, 0.25) is 5.02 Å². The largest absolute Gasteiger partial charge is 0.422 e. The molecule has 0 N–H and O–H groups in total. The van der Waals surface area contributed by atoms with Crippen LogP contribution in [0.4, 0.5) is 0 Å². The quantitative estimate of drug-likeness (QED) is 0.464. The van der Waals surface area contributed by atoms with Gasteiger partial charge in [0.25, 0.3) is 0 Å². The summed E-state index contributed by atoms with van der Waals surface area (Å²) in [5.74, 6) is -0.207. The smallest absolute Gasteiger partial charge is 0.335 e. The average molecular weight is 262 g/mol. The van der Waals surface area contributed by atoms with Crippen molar-refractivity contribution in [1.29, 1.82) is 0 Å². The van der Waals surface area contributed by atoms with E-state index in [2.05, 4.69) is 22.5 Å². The fourth-order valence-corrected chi connectivity index (χ4v) is 1.23. The van der Waals surface area contributed by atoms with E-state index in [9.17, 15) is 4.79 Å². The Morgan fingerprint density at radius 2 is 2.31 bits per heavy atom. The van der Waals surface area contributed by atoms with Crippen LogP contribution in [0, 0.1) is 0 Å². The second-order valence-corrected chi connectivity index (χ2v) is 3.41. The molecule has 0 saturated carbocycles. The Morgan fingerprint density at radius 1 is 1.62 bits per heavy atom. The van der Waals surface area contributed by atoms with E-state index in [0.29, 0.717) is 15.2 Å². The van der Waals surface area contributed by atoms with Gasteiger partial charge in [-0.1, -0.05) is 24.2 Å². The number of hydrogen-bond donors (Lipinski definition) is 0. The average Bonchev–Trinajstić information content (AvgIpc) is 2.13. The molecule has 0 heterocycles. The van der Waals surface area contributed by atoms with Gasteiger partial charge in [0.05, 0.1) is 5.02 Å². The van der Waals surface area contributed by atoms with Crippen molar-refractivity contribution >= 4 is 33.5 Å². The van der Waals surface area contributed by atoms with Gasteiger partial charge in [0.1, 0.15) is 0 Å². The number of ether oxygens (including phenoxy) is 1. The summed E-state index contributed by atoms with van der Waals surface area (Å²) in [5, 5.41) is 0.373. The number of carbonyl (C=O) groups is 1. The highest BCUT2D eigenvalue weighted by atomic mass is 79.9. The van der Waals surface area contributed by atoms with Crippen LogP contribution in [0.3, 0.4) is 0 Å². The van der Waals surface area contributed by atoms with Crippen molar-refractivity contribution < 1.29 is 9.53 Å². The van der Waals surface area contributed by atoms with Crippen molar-refractivity contribution in [1.82, 2.24) is 0 Å². The SMILES string of the molecule is C=CC(=O)Oc1cccc(Br)c1Cl. The maximum Gasteiger partial charge on any atom is 0.335 e. The van der Waals surface area contributed by atoms with E-state index in [4.69, 9.17) is 16.3 Å². The van der Waals surface area contributed by atoms with Crippen LogP contribution in [0.5, 0.6) is 5.75 Å². The van der Waals surface area contributed by atoms with Crippen molar-refractivity contribution in [2.45, 2.75) is 0 Å². The molecule has 0 spiro atoms. The second-order valence-electron chi connectivity index (χ2n) is 2.18. The van der Waals surface area contributed by atoms with Crippen LogP contribution < -0.4 is 4.74 Å². The Hall–Kier alpha value is -0.800. The van der Waals surface area contributed by atoms with Crippen molar-refractivity contribution in [2.75, 3.05) is 0 Å². The Morgan fingerprint density at radius 3 is 2.92 bits per heavy atom. The highest BCUT2D eigenvalue weighted by Gasteiger charge is 2.07. The molecular formula is C9H6BrClO2. The predicted octanol–water partition coefficient (Wildman–Crippen LogP) is 3.19. The number of rotatable bonds is 2. The lowest BCUT2D eigenvalue weighted by Gasteiger charge is -2.04. The molecule has 0 amide bonds. The highest BCUT2D eigenvalue weighted by Crippen LogP contribution is 2.31. The third-order valence-electron chi connectivity index (χ3n) is 1.29. The van der Waals surface area contributed by atoms with Crippen LogP contribution in [-0.2, 0) is 4.79 Å². The first kappa shape index (κ1) is 10.3. The summed E-state index contributed by atoms with van der Waals surface area (Å²) >= 11 is 9.04. The van der Waals surface area contributed by atoms with Gasteiger partial charge in [-0.25, -0.2) is 4.79 Å². The van der Waals surface area contributed by atoms with E-state index in [1.807, 2.05) is 0 Å². The molecule has 13 heavy (non-hydrogen) atoms. The van der Waals surface area contributed by atoms with E-state index >= 15 is 0 Å². The van der Waals surface area contributed by atoms with Gasteiger partial charge in [0.15, 0.2) is 5.75 Å². The molecule has 0 atom stereocenters. The first-order chi connectivity index (χ1) is 6.15. The molecule has 1 rings (SSSR count). The third kappa shape index (κ3) is 2.57. The summed E-state index contributed by atoms with van der Waals surface area (Å²) < 4.78 is 5.54. The minimum absolute atomic E-state index is 0.320. The summed E-state index contributed by atoms with van der Waals surface area (Å²) in [6.07, 6.45) is 1.08. The number of carbonyl (C=O) groups excluding carboxylic acids is 1. The number of benzene rings is 1. The zero-order chi connectivity index (χ0) is 9.84. The first-order valence-electron chi connectivity index (χ1n) is 3.43. The maximum atomic E-state index is 10.8. The van der Waals surface area contributed by atoms with Crippen molar-refractivity contribution in [3.8, 4) is 5.75 Å². The summed E-state index contributed by atoms with van der Waals surface area (Å²) in [7, 11) is 0. The molecule has 0 fully saturated rings. The Kier molecular flexibility index (Phi) is 3.51. The molecule has 68 valence electrons. The molecule has 1 aromatic rings. The van der Waals surface area contributed by atoms with E-state index in [1.165, 1.54) is 0 Å². The van der Waals surface area contributed by atoms with Crippen molar-refractivity contribution in [3.63, 3.8) is 0 Å². The highest BCUT2D eigenvalue weighted by molar-refractivity contribution is 9.10. The standard InChI is InChI=1S/C9H6BrClO2/c1-2-8(12)13-7-5-3-4-6(10)9(7)11/h2-5H,1H2. The van der Waals surface area contributed by atoms with E-state index < -0.39 is 5.97 Å². The van der Waals surface area contributed by atoms with Crippen LogP contribution in [0.25, 0.3) is 0 Å². The van der Waals surface area contributed by atoms with Gasteiger partial charge in [0, 0.05) is 10.5 Å². The fraction of sp³-hybridized carbons (Fsp3) is 0. The van der Waals surface area contributed by atoms with E-state index in [0.717, 1.165) is 6.08 Å². The fourth-order valence-electron chi connectivity index (χ4n) is 0.713. The Balaban J connectivity index is 2.95. The molecule has 4 heteroatoms. The maximum absolute atomic E-state index is 10.8. The molecule has 0 radical (unpaired) electrons. The zero-order valence-corrected chi connectivity index (χ0v) is 8.93. The van der Waals surface area contributed by atoms with Crippen molar-refractivity contribution in [2.24, 2.45) is 0 Å². The van der Waals surface area contributed by atoms with Gasteiger partial charge in [0.2, 0.25) is 0 Å². The van der Waals surface area contributed by atoms with Gasteiger partial charge in [-0.05, 0) is 28.1 Å². The molecule has 0 saturated heterocycles. The zero-order valence-electron chi connectivity index (χ0n) is 6.59. The monoisotopic (exact) mass is 260 g/mol. The van der Waals surface area contributed by atoms with Gasteiger partial charge >= 0.3 is 5.97 Å². The molecule has 1 aromatic carbocycles. The number of halogens is 2. The molecule has 0 aliphatic carbocycles. The molecular weight excluding hydrogens is 255 g/mol. The normalized spacial score (nSPS) is 9.38.